The first-order chi connectivity index (χ1) is 9.63. The molecule has 0 unspecified atom stereocenters. The Morgan fingerprint density at radius 1 is 1.36 bits per heavy atom. The second-order valence-corrected chi connectivity index (χ2v) is 4.36. The Hall–Kier alpha value is -1.76. The number of rotatable bonds is 4. The lowest BCUT2D eigenvalue weighted by Crippen LogP contribution is -2.15. The normalized spacial score (nSPS) is 10.6. The molecule has 8 heteroatoms. The van der Waals surface area contributed by atoms with Crippen LogP contribution in [-0.4, -0.2) is 22.4 Å². The number of amidine groups is 1. The van der Waals surface area contributed by atoms with Crippen LogP contribution in [0, 0.1) is 6.92 Å². The van der Waals surface area contributed by atoms with Gasteiger partial charge in [-0.3, -0.25) is 0 Å². The first-order valence-corrected chi connectivity index (χ1v) is 6.45. The third-order valence-corrected chi connectivity index (χ3v) is 2.77. The number of hydrogen-bond acceptors (Lipinski definition) is 4. The summed E-state index contributed by atoms with van der Waals surface area (Å²) < 4.78 is 6.92. The molecular weight excluding hydrogens is 325 g/mol. The van der Waals surface area contributed by atoms with Crippen LogP contribution in [0.5, 0.6) is 0 Å². The van der Waals surface area contributed by atoms with Crippen LogP contribution < -0.4 is 11.5 Å². The summed E-state index contributed by atoms with van der Waals surface area (Å²) in [7, 11) is 0. The summed E-state index contributed by atoms with van der Waals surface area (Å²) in [6.45, 7) is 4.74. The average molecular weight is 346 g/mol. The summed E-state index contributed by atoms with van der Waals surface area (Å²) in [6, 6.07) is 5.82. The lowest BCUT2D eigenvalue weighted by atomic mass is 10.1. The van der Waals surface area contributed by atoms with Crippen molar-refractivity contribution in [1.82, 2.24) is 9.78 Å². The van der Waals surface area contributed by atoms with Crippen molar-refractivity contribution in [2.75, 3.05) is 6.61 Å². The summed E-state index contributed by atoms with van der Waals surface area (Å²) >= 11 is 0. The Labute approximate surface area is 142 Å². The monoisotopic (exact) mass is 345 g/mol. The predicted molar refractivity (Wildman–Crippen MR) is 93.6 cm³/mol. The number of hydrogen-bond donors (Lipinski definition) is 2. The molecule has 0 bridgehead atoms. The van der Waals surface area contributed by atoms with E-state index in [1.807, 2.05) is 38.2 Å². The summed E-state index contributed by atoms with van der Waals surface area (Å²) in [5.41, 5.74) is 15.1. The van der Waals surface area contributed by atoms with E-state index in [1.54, 1.807) is 10.9 Å². The average Bonchev–Trinajstić information content (AvgIpc) is 2.85. The van der Waals surface area contributed by atoms with Gasteiger partial charge in [-0.2, -0.15) is 10.1 Å². The maximum absolute atomic E-state index is 5.80. The van der Waals surface area contributed by atoms with Gasteiger partial charge in [0.25, 0.3) is 6.02 Å². The van der Waals surface area contributed by atoms with Crippen LogP contribution in [0.15, 0.2) is 35.6 Å². The number of ether oxygens (including phenoxy) is 1. The van der Waals surface area contributed by atoms with Crippen molar-refractivity contribution in [1.29, 1.82) is 0 Å². The van der Waals surface area contributed by atoms with Crippen LogP contribution in [0.2, 0.25) is 0 Å². The van der Waals surface area contributed by atoms with Crippen molar-refractivity contribution >= 4 is 36.5 Å². The van der Waals surface area contributed by atoms with Gasteiger partial charge in [0.05, 0.1) is 24.2 Å². The Balaban J connectivity index is 0.00000220. The third-order valence-electron chi connectivity index (χ3n) is 2.77. The van der Waals surface area contributed by atoms with Crippen molar-refractivity contribution in [2.45, 2.75) is 20.4 Å². The molecule has 2 aromatic rings. The number of benzene rings is 1. The smallest absolute Gasteiger partial charge is 0.287 e. The fraction of sp³-hybridized carbons (Fsp3) is 0.286. The largest absolute Gasteiger partial charge is 0.465 e. The molecular formula is C14H21Cl2N5O. The molecule has 1 aromatic heterocycles. The molecule has 1 aromatic carbocycles. The van der Waals surface area contributed by atoms with Gasteiger partial charge >= 0.3 is 0 Å². The minimum Gasteiger partial charge on any atom is -0.465 e. The predicted octanol–water partition coefficient (Wildman–Crippen LogP) is 2.47. The van der Waals surface area contributed by atoms with E-state index in [-0.39, 0.29) is 30.8 Å². The van der Waals surface area contributed by atoms with Crippen molar-refractivity contribution in [3.63, 3.8) is 0 Å². The van der Waals surface area contributed by atoms with Gasteiger partial charge in [0.15, 0.2) is 0 Å². The SMILES string of the molecule is CCOC(N)=Nc1ccc(-n2cc(C)cn2)c(CN)c1.Cl.Cl. The number of nitrogens with zero attached hydrogens (tertiary/aromatic N) is 3. The van der Waals surface area contributed by atoms with Crippen molar-refractivity contribution < 1.29 is 4.74 Å². The zero-order valence-electron chi connectivity index (χ0n) is 12.5. The number of halogens is 2. The second kappa shape index (κ2) is 9.30. The van der Waals surface area contributed by atoms with Crippen LogP contribution in [0.4, 0.5) is 5.69 Å². The van der Waals surface area contributed by atoms with Gasteiger partial charge in [-0.1, -0.05) is 0 Å². The van der Waals surface area contributed by atoms with Crippen LogP contribution in [0.1, 0.15) is 18.1 Å². The highest BCUT2D eigenvalue weighted by Crippen LogP contribution is 2.21. The molecule has 1 heterocycles. The molecule has 6 nitrogen and oxygen atoms in total. The summed E-state index contributed by atoms with van der Waals surface area (Å²) in [6.07, 6.45) is 3.76. The van der Waals surface area contributed by atoms with E-state index < -0.39 is 0 Å². The summed E-state index contributed by atoms with van der Waals surface area (Å²) in [5.74, 6) is 0. The molecule has 0 saturated carbocycles. The molecule has 0 aliphatic heterocycles. The highest BCUT2D eigenvalue weighted by molar-refractivity contribution is 5.85. The molecule has 0 aliphatic rings. The Morgan fingerprint density at radius 3 is 2.64 bits per heavy atom. The standard InChI is InChI=1S/C14H19N5O.2ClH/c1-3-20-14(16)18-12-4-5-13(11(6-12)7-15)19-9-10(2)8-17-19;;/h4-6,8-9H,3,7,15H2,1-2H3,(H2,16,18);2*1H. The van der Waals surface area contributed by atoms with Gasteiger partial charge < -0.3 is 16.2 Å². The Bertz CT molecular complexity index is 627. The van der Waals surface area contributed by atoms with Crippen molar-refractivity contribution in [3.05, 3.63) is 41.7 Å². The van der Waals surface area contributed by atoms with Crippen molar-refractivity contribution in [3.8, 4) is 5.69 Å². The molecule has 0 radical (unpaired) electrons. The zero-order chi connectivity index (χ0) is 14.5. The molecule has 22 heavy (non-hydrogen) atoms. The van der Waals surface area contributed by atoms with Gasteiger partial charge in [0, 0.05) is 12.7 Å². The van der Waals surface area contributed by atoms with E-state index in [1.165, 1.54) is 0 Å². The molecule has 0 aliphatic carbocycles. The summed E-state index contributed by atoms with van der Waals surface area (Å²) in [5, 5.41) is 4.29. The van der Waals surface area contributed by atoms with E-state index >= 15 is 0 Å². The van der Waals surface area contributed by atoms with E-state index in [2.05, 4.69) is 10.1 Å². The molecule has 122 valence electrons. The quantitative estimate of drug-likeness (QED) is 0.657. The zero-order valence-corrected chi connectivity index (χ0v) is 14.2. The topological polar surface area (TPSA) is 91.5 Å². The highest BCUT2D eigenvalue weighted by atomic mass is 35.5. The Morgan fingerprint density at radius 2 is 2.09 bits per heavy atom. The lowest BCUT2D eigenvalue weighted by Gasteiger charge is -2.09. The van der Waals surface area contributed by atoms with E-state index in [4.69, 9.17) is 16.2 Å². The molecule has 0 atom stereocenters. The van der Waals surface area contributed by atoms with Gasteiger partial charge in [0.2, 0.25) is 0 Å². The van der Waals surface area contributed by atoms with Crippen LogP contribution in [-0.2, 0) is 11.3 Å². The molecule has 0 spiro atoms. The minimum atomic E-state index is 0. The number of aryl methyl sites for hydroxylation is 1. The number of aromatic nitrogens is 2. The molecule has 0 fully saturated rings. The molecule has 0 saturated heterocycles. The van der Waals surface area contributed by atoms with Crippen molar-refractivity contribution in [2.24, 2.45) is 16.5 Å². The maximum Gasteiger partial charge on any atom is 0.287 e. The number of nitrogens with two attached hydrogens (primary N) is 2. The van der Waals surface area contributed by atoms with Gasteiger partial charge in [-0.05, 0) is 43.2 Å². The first kappa shape index (κ1) is 20.2. The van der Waals surface area contributed by atoms with Crippen LogP contribution >= 0.6 is 24.8 Å². The third kappa shape index (κ3) is 4.91. The second-order valence-electron chi connectivity index (χ2n) is 4.36. The highest BCUT2D eigenvalue weighted by Gasteiger charge is 2.06. The minimum absolute atomic E-state index is 0. The van der Waals surface area contributed by atoms with E-state index in [0.29, 0.717) is 18.8 Å². The fourth-order valence-electron chi connectivity index (χ4n) is 1.88. The van der Waals surface area contributed by atoms with Crippen LogP contribution in [0.3, 0.4) is 0 Å². The lowest BCUT2D eigenvalue weighted by molar-refractivity contribution is 0.322. The van der Waals surface area contributed by atoms with Crippen LogP contribution in [0.25, 0.3) is 5.69 Å². The van der Waals surface area contributed by atoms with Gasteiger partial charge in [-0.25, -0.2) is 4.68 Å². The molecule has 2 rings (SSSR count). The van der Waals surface area contributed by atoms with Gasteiger partial charge in [-0.15, -0.1) is 24.8 Å². The number of aliphatic imine (C=N–C) groups is 1. The maximum atomic E-state index is 5.80. The Kier molecular flexibility index (Phi) is 8.55. The summed E-state index contributed by atoms with van der Waals surface area (Å²) in [4.78, 5) is 4.18. The fourth-order valence-corrected chi connectivity index (χ4v) is 1.88. The van der Waals surface area contributed by atoms with Gasteiger partial charge in [0.1, 0.15) is 0 Å². The molecule has 0 amide bonds. The van der Waals surface area contributed by atoms with E-state index in [0.717, 1.165) is 16.8 Å². The van der Waals surface area contributed by atoms with E-state index in [9.17, 15) is 0 Å². The molecule has 4 N–H and O–H groups in total. The first-order valence-electron chi connectivity index (χ1n) is 6.45.